The van der Waals surface area contributed by atoms with Crippen LogP contribution in [-0.4, -0.2) is 22.7 Å². The van der Waals surface area contributed by atoms with Gasteiger partial charge in [-0.25, -0.2) is 9.78 Å². The van der Waals surface area contributed by atoms with Crippen molar-refractivity contribution in [2.45, 2.75) is 38.8 Å². The van der Waals surface area contributed by atoms with E-state index >= 15 is 0 Å². The van der Waals surface area contributed by atoms with Gasteiger partial charge in [0.15, 0.2) is 0 Å². The van der Waals surface area contributed by atoms with Crippen LogP contribution in [0, 0.1) is 0 Å². The molecule has 2 heterocycles. The summed E-state index contributed by atoms with van der Waals surface area (Å²) in [5.41, 5.74) is 1.87. The molecule has 2 amide bonds. The molecule has 2 aromatic rings. The molecule has 5 nitrogen and oxygen atoms in total. The van der Waals surface area contributed by atoms with Crippen LogP contribution in [0.5, 0.6) is 0 Å². The lowest BCUT2D eigenvalue weighted by Crippen LogP contribution is -2.37. The summed E-state index contributed by atoms with van der Waals surface area (Å²) in [5.74, 6) is 0. The monoisotopic (exact) mass is 339 g/mol. The molecule has 0 aliphatic heterocycles. The highest BCUT2D eigenvalue weighted by molar-refractivity contribution is 7.09. The molecule has 3 N–H and O–H groups in total. The molecular weight excluding hydrogens is 318 g/mol. The summed E-state index contributed by atoms with van der Waals surface area (Å²) in [7, 11) is 0. The summed E-state index contributed by atoms with van der Waals surface area (Å²) in [6.45, 7) is 6.90. The highest BCUT2D eigenvalue weighted by Crippen LogP contribution is 2.23. The molecule has 0 aliphatic rings. The van der Waals surface area contributed by atoms with E-state index in [0.29, 0.717) is 6.54 Å². The molecule has 22 heavy (non-hydrogen) atoms. The van der Waals surface area contributed by atoms with Crippen LogP contribution < -0.4 is 10.6 Å². The van der Waals surface area contributed by atoms with Gasteiger partial charge in [-0.2, -0.15) is 11.3 Å². The van der Waals surface area contributed by atoms with Crippen molar-refractivity contribution in [1.82, 2.24) is 15.6 Å². The number of urea groups is 1. The van der Waals surface area contributed by atoms with Gasteiger partial charge in [-0.15, -0.1) is 11.3 Å². The van der Waals surface area contributed by atoms with Crippen molar-refractivity contribution < 1.29 is 9.90 Å². The third-order valence-corrected chi connectivity index (χ3v) is 4.65. The number of aromatic nitrogens is 1. The first-order valence-corrected chi connectivity index (χ1v) is 8.85. The van der Waals surface area contributed by atoms with Crippen molar-refractivity contribution in [2.75, 3.05) is 6.54 Å². The SMILES string of the molecule is CC(C)(C)c1csc(CNC(=O)NCC(O)c2ccsc2)n1. The minimum atomic E-state index is -0.677. The third-order valence-electron chi connectivity index (χ3n) is 3.10. The highest BCUT2D eigenvalue weighted by atomic mass is 32.1. The van der Waals surface area contributed by atoms with Gasteiger partial charge in [-0.05, 0) is 22.4 Å². The van der Waals surface area contributed by atoms with E-state index in [-0.39, 0.29) is 18.0 Å². The number of nitrogens with zero attached hydrogens (tertiary/aromatic N) is 1. The number of aliphatic hydroxyl groups excluding tert-OH is 1. The molecule has 7 heteroatoms. The number of thiazole rings is 1. The molecule has 2 aromatic heterocycles. The Bertz CT molecular complexity index is 603. The lowest BCUT2D eigenvalue weighted by Gasteiger charge is -2.14. The molecule has 1 unspecified atom stereocenters. The number of carbonyl (C=O) groups excluding carboxylic acids is 1. The lowest BCUT2D eigenvalue weighted by atomic mass is 9.93. The van der Waals surface area contributed by atoms with Crippen molar-refractivity contribution in [1.29, 1.82) is 0 Å². The van der Waals surface area contributed by atoms with Gasteiger partial charge < -0.3 is 15.7 Å². The van der Waals surface area contributed by atoms with Crippen LogP contribution in [0.2, 0.25) is 0 Å². The summed E-state index contributed by atoms with van der Waals surface area (Å²) < 4.78 is 0. The molecule has 1 atom stereocenters. The molecule has 0 radical (unpaired) electrons. The van der Waals surface area contributed by atoms with E-state index in [9.17, 15) is 9.90 Å². The first-order chi connectivity index (χ1) is 10.4. The largest absolute Gasteiger partial charge is 0.387 e. The Hall–Kier alpha value is -1.44. The maximum Gasteiger partial charge on any atom is 0.315 e. The van der Waals surface area contributed by atoms with Gasteiger partial charge in [0.25, 0.3) is 0 Å². The van der Waals surface area contributed by atoms with E-state index in [1.165, 1.54) is 22.7 Å². The van der Waals surface area contributed by atoms with Crippen LogP contribution >= 0.6 is 22.7 Å². The summed E-state index contributed by atoms with van der Waals surface area (Å²) in [5, 5.41) is 22.0. The zero-order valence-corrected chi connectivity index (χ0v) is 14.6. The Labute approximate surface area is 138 Å². The van der Waals surface area contributed by atoms with Crippen LogP contribution in [-0.2, 0) is 12.0 Å². The lowest BCUT2D eigenvalue weighted by molar-refractivity contribution is 0.173. The summed E-state index contributed by atoms with van der Waals surface area (Å²) >= 11 is 3.06. The predicted molar refractivity (Wildman–Crippen MR) is 90.3 cm³/mol. The third kappa shape index (κ3) is 4.79. The van der Waals surface area contributed by atoms with Crippen molar-refractivity contribution in [3.05, 3.63) is 38.5 Å². The van der Waals surface area contributed by atoms with Gasteiger partial charge in [-0.1, -0.05) is 20.8 Å². The fraction of sp³-hybridized carbons (Fsp3) is 0.467. The topological polar surface area (TPSA) is 74.2 Å². The zero-order valence-electron chi connectivity index (χ0n) is 12.9. The predicted octanol–water partition coefficient (Wildman–Crippen LogP) is 3.03. The highest BCUT2D eigenvalue weighted by Gasteiger charge is 2.17. The number of aliphatic hydroxyl groups is 1. The van der Waals surface area contributed by atoms with Gasteiger partial charge in [0.1, 0.15) is 5.01 Å². The first kappa shape index (κ1) is 16.9. The second-order valence-corrected chi connectivity index (χ2v) is 7.74. The van der Waals surface area contributed by atoms with Crippen LogP contribution in [0.15, 0.2) is 22.2 Å². The second kappa shape index (κ2) is 7.21. The Morgan fingerprint density at radius 1 is 1.36 bits per heavy atom. The average molecular weight is 339 g/mol. The number of nitrogens with one attached hydrogen (secondary N) is 2. The maximum atomic E-state index is 11.7. The van der Waals surface area contributed by atoms with E-state index in [1.54, 1.807) is 0 Å². The van der Waals surface area contributed by atoms with Crippen molar-refractivity contribution >= 4 is 28.7 Å². The molecule has 120 valence electrons. The van der Waals surface area contributed by atoms with Gasteiger partial charge >= 0.3 is 6.03 Å². The van der Waals surface area contributed by atoms with Crippen molar-refractivity contribution in [3.63, 3.8) is 0 Å². The maximum absolute atomic E-state index is 11.7. The number of amides is 2. The first-order valence-electron chi connectivity index (χ1n) is 7.03. The number of carbonyl (C=O) groups is 1. The number of hydrogen-bond acceptors (Lipinski definition) is 5. The van der Waals surface area contributed by atoms with Crippen LogP contribution in [0.25, 0.3) is 0 Å². The van der Waals surface area contributed by atoms with Crippen LogP contribution in [0.3, 0.4) is 0 Å². The molecule has 2 rings (SSSR count). The van der Waals surface area contributed by atoms with Crippen LogP contribution in [0.1, 0.15) is 43.1 Å². The van der Waals surface area contributed by atoms with E-state index < -0.39 is 6.10 Å². The van der Waals surface area contributed by atoms with Crippen LogP contribution in [0.4, 0.5) is 4.79 Å². The standard InChI is InChI=1S/C15H21N3O2S2/c1-15(2,3)12-9-22-13(18-12)7-17-14(20)16-6-11(19)10-4-5-21-8-10/h4-5,8-9,11,19H,6-7H2,1-3H3,(H2,16,17,20). The van der Waals surface area contributed by atoms with E-state index in [0.717, 1.165) is 16.3 Å². The van der Waals surface area contributed by atoms with Gasteiger partial charge in [0, 0.05) is 17.3 Å². The molecule has 0 saturated heterocycles. The molecule has 0 aliphatic carbocycles. The molecular formula is C15H21N3O2S2. The Morgan fingerprint density at radius 3 is 2.73 bits per heavy atom. The fourth-order valence-corrected chi connectivity index (χ4v) is 3.39. The summed E-state index contributed by atoms with van der Waals surface area (Å²) in [6.07, 6.45) is -0.677. The zero-order chi connectivity index (χ0) is 16.2. The number of rotatable bonds is 5. The number of hydrogen-bond donors (Lipinski definition) is 3. The minimum Gasteiger partial charge on any atom is -0.387 e. The normalized spacial score (nSPS) is 12.9. The molecule has 0 fully saturated rings. The van der Waals surface area contributed by atoms with Gasteiger partial charge in [0.2, 0.25) is 0 Å². The fourth-order valence-electron chi connectivity index (χ4n) is 1.73. The molecule has 0 bridgehead atoms. The Kier molecular flexibility index (Phi) is 5.55. The van der Waals surface area contributed by atoms with E-state index in [1.807, 2.05) is 22.2 Å². The molecule has 0 saturated carbocycles. The molecule has 0 spiro atoms. The average Bonchev–Trinajstić information content (AvgIpc) is 3.12. The second-order valence-electron chi connectivity index (χ2n) is 6.01. The summed E-state index contributed by atoms with van der Waals surface area (Å²) in [4.78, 5) is 16.3. The van der Waals surface area contributed by atoms with E-state index in [4.69, 9.17) is 0 Å². The van der Waals surface area contributed by atoms with Crippen molar-refractivity contribution in [2.24, 2.45) is 0 Å². The molecule has 0 aromatic carbocycles. The van der Waals surface area contributed by atoms with E-state index in [2.05, 4.69) is 36.4 Å². The number of thiophene rings is 1. The Morgan fingerprint density at radius 2 is 2.14 bits per heavy atom. The smallest absolute Gasteiger partial charge is 0.315 e. The summed E-state index contributed by atoms with van der Waals surface area (Å²) in [6, 6.07) is 1.54. The van der Waals surface area contributed by atoms with Gasteiger partial charge in [0.05, 0.1) is 18.3 Å². The van der Waals surface area contributed by atoms with Gasteiger partial charge in [-0.3, -0.25) is 0 Å². The van der Waals surface area contributed by atoms with Crippen molar-refractivity contribution in [3.8, 4) is 0 Å². The minimum absolute atomic E-state index is 0.0155. The Balaban J connectivity index is 1.75. The quantitative estimate of drug-likeness (QED) is 0.784.